The minimum Gasteiger partial charge on any atom is -0.494 e. The summed E-state index contributed by atoms with van der Waals surface area (Å²) in [5, 5.41) is 4.91. The van der Waals surface area contributed by atoms with Gasteiger partial charge in [0.2, 0.25) is 0 Å². The first-order valence-corrected chi connectivity index (χ1v) is 12.8. The van der Waals surface area contributed by atoms with Crippen LogP contribution in [0.1, 0.15) is 29.5 Å². The fourth-order valence-electron chi connectivity index (χ4n) is 3.12. The number of nitrogens with one attached hydrogen (secondary N) is 1. The molecule has 170 valence electrons. The molecule has 1 amide bonds. The zero-order valence-electron chi connectivity index (χ0n) is 17.9. The molecular formula is C24H22N2O5S2. The number of furan rings is 1. The molecule has 0 saturated carbocycles. The second-order valence-corrected chi connectivity index (χ2v) is 10.1. The fraction of sp³-hybridized carbons (Fsp3) is 0.167. The standard InChI is InChI=1S/C24H22N2O5S2/c1-2-13-30-19-10-8-17(9-11-19)21-15-32-24(25-21)26-23(27)22-18(12-14-31-22)16-33(28,29)20-6-4-3-5-7-20/h3-12,14-15H,2,13,16H2,1H3,(H,25,26,27). The number of rotatable bonds is 9. The van der Waals surface area contributed by atoms with Crippen LogP contribution in [0.3, 0.4) is 0 Å². The topological polar surface area (TPSA) is 98.5 Å². The van der Waals surface area contributed by atoms with E-state index in [1.165, 1.54) is 35.8 Å². The molecule has 0 aliphatic rings. The molecular weight excluding hydrogens is 460 g/mol. The minimum absolute atomic E-state index is 0.0521. The van der Waals surface area contributed by atoms with Gasteiger partial charge in [0.15, 0.2) is 20.7 Å². The number of carbonyl (C=O) groups is 1. The third-order valence-corrected chi connectivity index (χ3v) is 7.19. The number of carbonyl (C=O) groups excluding carboxylic acids is 1. The van der Waals surface area contributed by atoms with Gasteiger partial charge in [-0.2, -0.15) is 0 Å². The van der Waals surface area contributed by atoms with Crippen LogP contribution in [0.2, 0.25) is 0 Å². The first kappa shape index (κ1) is 22.8. The predicted molar refractivity (Wildman–Crippen MR) is 127 cm³/mol. The molecule has 0 fully saturated rings. The highest BCUT2D eigenvalue weighted by molar-refractivity contribution is 7.90. The molecule has 0 radical (unpaired) electrons. The number of hydrogen-bond donors (Lipinski definition) is 1. The second-order valence-electron chi connectivity index (χ2n) is 7.21. The Labute approximate surface area is 196 Å². The van der Waals surface area contributed by atoms with Gasteiger partial charge in [0.1, 0.15) is 5.75 Å². The lowest BCUT2D eigenvalue weighted by Gasteiger charge is -2.05. The largest absolute Gasteiger partial charge is 0.494 e. The Bertz CT molecular complexity index is 1330. The maximum atomic E-state index is 12.8. The maximum Gasteiger partial charge on any atom is 0.293 e. The summed E-state index contributed by atoms with van der Waals surface area (Å²) in [6, 6.07) is 17.2. The van der Waals surface area contributed by atoms with Gasteiger partial charge in [-0.05, 0) is 48.9 Å². The van der Waals surface area contributed by atoms with E-state index in [1.54, 1.807) is 18.2 Å². The van der Waals surface area contributed by atoms with Crippen molar-refractivity contribution in [1.29, 1.82) is 0 Å². The Hall–Kier alpha value is -3.43. The van der Waals surface area contributed by atoms with Crippen molar-refractivity contribution in [2.24, 2.45) is 0 Å². The van der Waals surface area contributed by atoms with Crippen LogP contribution < -0.4 is 10.1 Å². The Morgan fingerprint density at radius 3 is 2.58 bits per heavy atom. The van der Waals surface area contributed by atoms with Gasteiger partial charge >= 0.3 is 0 Å². The molecule has 2 aromatic heterocycles. The summed E-state index contributed by atoms with van der Waals surface area (Å²) in [6.07, 6.45) is 2.24. The molecule has 1 N–H and O–H groups in total. The van der Waals surface area contributed by atoms with E-state index in [0.717, 1.165) is 17.7 Å². The minimum atomic E-state index is -3.62. The molecule has 0 bridgehead atoms. The quantitative estimate of drug-likeness (QED) is 0.342. The lowest BCUT2D eigenvalue weighted by molar-refractivity contribution is 0.0995. The second kappa shape index (κ2) is 10.0. The molecule has 0 aliphatic carbocycles. The average Bonchev–Trinajstić information content (AvgIpc) is 3.48. The third kappa shape index (κ3) is 5.50. The number of thiazole rings is 1. The third-order valence-electron chi connectivity index (χ3n) is 4.75. The Morgan fingerprint density at radius 2 is 1.85 bits per heavy atom. The van der Waals surface area contributed by atoms with Crippen LogP contribution in [0.15, 0.2) is 81.6 Å². The van der Waals surface area contributed by atoms with Crippen molar-refractivity contribution in [2.45, 2.75) is 24.0 Å². The number of anilines is 1. The molecule has 4 aromatic rings. The number of benzene rings is 2. The molecule has 0 unspecified atom stereocenters. The van der Waals surface area contributed by atoms with E-state index in [9.17, 15) is 13.2 Å². The van der Waals surface area contributed by atoms with E-state index in [2.05, 4.69) is 10.3 Å². The zero-order chi connectivity index (χ0) is 23.3. The number of sulfone groups is 1. The summed E-state index contributed by atoms with van der Waals surface area (Å²) in [5.74, 6) is -0.155. The zero-order valence-corrected chi connectivity index (χ0v) is 19.5. The smallest absolute Gasteiger partial charge is 0.293 e. The van der Waals surface area contributed by atoms with Gasteiger partial charge < -0.3 is 9.15 Å². The number of aromatic nitrogens is 1. The van der Waals surface area contributed by atoms with Crippen LogP contribution in [-0.4, -0.2) is 25.9 Å². The lowest BCUT2D eigenvalue weighted by atomic mass is 10.2. The molecule has 7 nitrogen and oxygen atoms in total. The SMILES string of the molecule is CCCOc1ccc(-c2csc(NC(=O)c3occc3CS(=O)(=O)c3ccccc3)n2)cc1. The van der Waals surface area contributed by atoms with E-state index in [0.29, 0.717) is 17.4 Å². The van der Waals surface area contributed by atoms with Crippen LogP contribution in [0.5, 0.6) is 5.75 Å². The van der Waals surface area contributed by atoms with Crippen molar-refractivity contribution in [1.82, 2.24) is 4.98 Å². The molecule has 2 aromatic carbocycles. The normalized spacial score (nSPS) is 11.3. The average molecular weight is 483 g/mol. The molecule has 4 rings (SSSR count). The summed E-state index contributed by atoms with van der Waals surface area (Å²) in [6.45, 7) is 2.71. The van der Waals surface area contributed by atoms with Crippen molar-refractivity contribution in [3.05, 3.63) is 83.6 Å². The maximum absolute atomic E-state index is 12.8. The summed E-state index contributed by atoms with van der Waals surface area (Å²) in [7, 11) is -3.62. The van der Waals surface area contributed by atoms with Crippen LogP contribution in [0, 0.1) is 0 Å². The summed E-state index contributed by atoms with van der Waals surface area (Å²) < 4.78 is 36.3. The number of hydrogen-bond acceptors (Lipinski definition) is 7. The van der Waals surface area contributed by atoms with Gasteiger partial charge in [0, 0.05) is 16.5 Å². The van der Waals surface area contributed by atoms with Crippen molar-refractivity contribution in [3.63, 3.8) is 0 Å². The summed E-state index contributed by atoms with van der Waals surface area (Å²) >= 11 is 1.27. The number of nitrogens with zero attached hydrogens (tertiary/aromatic N) is 1. The van der Waals surface area contributed by atoms with E-state index in [-0.39, 0.29) is 22.0 Å². The van der Waals surface area contributed by atoms with Crippen LogP contribution >= 0.6 is 11.3 Å². The van der Waals surface area contributed by atoms with Crippen molar-refractivity contribution < 1.29 is 22.4 Å². The van der Waals surface area contributed by atoms with E-state index >= 15 is 0 Å². The molecule has 0 atom stereocenters. The molecule has 0 saturated heterocycles. The van der Waals surface area contributed by atoms with Gasteiger partial charge in [0.25, 0.3) is 5.91 Å². The highest BCUT2D eigenvalue weighted by Crippen LogP contribution is 2.27. The summed E-state index contributed by atoms with van der Waals surface area (Å²) in [4.78, 5) is 17.4. The first-order chi connectivity index (χ1) is 16.0. The Morgan fingerprint density at radius 1 is 1.09 bits per heavy atom. The lowest BCUT2D eigenvalue weighted by Crippen LogP contribution is -2.14. The van der Waals surface area contributed by atoms with Gasteiger partial charge in [-0.15, -0.1) is 11.3 Å². The fourth-order valence-corrected chi connectivity index (χ4v) is 5.21. The van der Waals surface area contributed by atoms with Gasteiger partial charge in [-0.25, -0.2) is 13.4 Å². The van der Waals surface area contributed by atoms with Crippen molar-refractivity contribution >= 4 is 32.2 Å². The Balaban J connectivity index is 1.45. The highest BCUT2D eigenvalue weighted by atomic mass is 32.2. The molecule has 9 heteroatoms. The number of ether oxygens (including phenoxy) is 1. The Kier molecular flexibility index (Phi) is 6.90. The van der Waals surface area contributed by atoms with Crippen molar-refractivity contribution in [3.8, 4) is 17.0 Å². The van der Waals surface area contributed by atoms with E-state index in [1.807, 2.05) is 36.6 Å². The summed E-state index contributed by atoms with van der Waals surface area (Å²) in [5.41, 5.74) is 1.89. The van der Waals surface area contributed by atoms with Crippen LogP contribution in [0.4, 0.5) is 5.13 Å². The van der Waals surface area contributed by atoms with Gasteiger partial charge in [0.05, 0.1) is 29.2 Å². The predicted octanol–water partition coefficient (Wildman–Crippen LogP) is 5.42. The van der Waals surface area contributed by atoms with Gasteiger partial charge in [-0.1, -0.05) is 25.1 Å². The molecule has 2 heterocycles. The van der Waals surface area contributed by atoms with Crippen molar-refractivity contribution in [2.75, 3.05) is 11.9 Å². The monoisotopic (exact) mass is 482 g/mol. The molecule has 0 spiro atoms. The highest BCUT2D eigenvalue weighted by Gasteiger charge is 2.23. The van der Waals surface area contributed by atoms with Crippen LogP contribution in [0.25, 0.3) is 11.3 Å². The number of amides is 1. The first-order valence-electron chi connectivity index (χ1n) is 10.3. The van der Waals surface area contributed by atoms with E-state index < -0.39 is 15.7 Å². The van der Waals surface area contributed by atoms with E-state index in [4.69, 9.17) is 9.15 Å². The van der Waals surface area contributed by atoms with Gasteiger partial charge in [-0.3, -0.25) is 10.1 Å². The molecule has 0 aliphatic heterocycles. The molecule has 33 heavy (non-hydrogen) atoms. The van der Waals surface area contributed by atoms with Crippen LogP contribution in [-0.2, 0) is 15.6 Å².